The SMILES string of the molecule is C[C@@H]1CCc2c(cnc3scn[n+]23)C1. The van der Waals surface area contributed by atoms with Gasteiger partial charge in [0, 0.05) is 12.0 Å². The van der Waals surface area contributed by atoms with Crippen LogP contribution >= 0.6 is 11.3 Å². The molecule has 3 nitrogen and oxygen atoms in total. The minimum absolute atomic E-state index is 0.793. The quantitative estimate of drug-likeness (QED) is 0.610. The normalized spacial score (nSPS) is 21.1. The van der Waals surface area contributed by atoms with Gasteiger partial charge in [-0.05, 0) is 35.1 Å². The van der Waals surface area contributed by atoms with E-state index in [0.29, 0.717) is 0 Å². The molecule has 1 atom stereocenters. The molecule has 0 aromatic carbocycles. The fraction of sp³-hybridized carbons (Fsp3) is 0.500. The zero-order chi connectivity index (χ0) is 9.54. The van der Waals surface area contributed by atoms with E-state index in [-0.39, 0.29) is 0 Å². The maximum absolute atomic E-state index is 4.41. The molecular weight excluding hydrogens is 194 g/mol. The van der Waals surface area contributed by atoms with E-state index in [1.807, 2.05) is 16.2 Å². The first-order valence-corrected chi connectivity index (χ1v) is 5.85. The van der Waals surface area contributed by atoms with Gasteiger partial charge in [-0.1, -0.05) is 16.5 Å². The van der Waals surface area contributed by atoms with Gasteiger partial charge in [0.25, 0.3) is 0 Å². The molecule has 0 bridgehead atoms. The Kier molecular flexibility index (Phi) is 1.77. The minimum Gasteiger partial charge on any atom is -0.0878 e. The molecule has 0 amide bonds. The molecule has 2 aromatic heterocycles. The lowest BCUT2D eigenvalue weighted by atomic mass is 9.89. The average molecular weight is 206 g/mol. The number of hydrogen-bond acceptors (Lipinski definition) is 3. The van der Waals surface area contributed by atoms with Crippen molar-refractivity contribution in [2.45, 2.75) is 26.2 Å². The van der Waals surface area contributed by atoms with Gasteiger partial charge in [-0.3, -0.25) is 0 Å². The highest BCUT2D eigenvalue weighted by Crippen LogP contribution is 2.22. The molecule has 0 aliphatic heterocycles. The summed E-state index contributed by atoms with van der Waals surface area (Å²) in [5, 5.41) is 4.33. The summed E-state index contributed by atoms with van der Waals surface area (Å²) in [6.07, 6.45) is 5.60. The molecule has 14 heavy (non-hydrogen) atoms. The van der Waals surface area contributed by atoms with Gasteiger partial charge in [-0.15, -0.1) is 0 Å². The molecule has 0 saturated heterocycles. The van der Waals surface area contributed by atoms with Crippen molar-refractivity contribution in [3.8, 4) is 0 Å². The van der Waals surface area contributed by atoms with Gasteiger partial charge in [0.1, 0.15) is 17.4 Å². The first-order valence-electron chi connectivity index (χ1n) is 4.97. The average Bonchev–Trinajstić information content (AvgIpc) is 2.65. The lowest BCUT2D eigenvalue weighted by molar-refractivity contribution is -0.587. The molecule has 72 valence electrons. The Morgan fingerprint density at radius 2 is 2.50 bits per heavy atom. The highest BCUT2D eigenvalue weighted by atomic mass is 32.1. The zero-order valence-corrected chi connectivity index (χ0v) is 8.92. The summed E-state index contributed by atoms with van der Waals surface area (Å²) >= 11 is 1.60. The van der Waals surface area contributed by atoms with Crippen molar-refractivity contribution in [1.82, 2.24) is 10.1 Å². The highest BCUT2D eigenvalue weighted by Gasteiger charge is 2.24. The van der Waals surface area contributed by atoms with Crippen LogP contribution in [0.5, 0.6) is 0 Å². The Morgan fingerprint density at radius 1 is 1.57 bits per heavy atom. The van der Waals surface area contributed by atoms with Crippen LogP contribution in [-0.4, -0.2) is 10.1 Å². The number of fused-ring (bicyclic) bond motifs is 3. The van der Waals surface area contributed by atoms with E-state index in [1.54, 1.807) is 11.3 Å². The Hall–Kier alpha value is -1.03. The Bertz CT molecular complexity index is 477. The number of nitrogens with zero attached hydrogens (tertiary/aromatic N) is 3. The molecule has 0 spiro atoms. The second-order valence-corrected chi connectivity index (χ2v) is 4.82. The van der Waals surface area contributed by atoms with Crippen LogP contribution in [-0.2, 0) is 12.8 Å². The third kappa shape index (κ3) is 1.14. The van der Waals surface area contributed by atoms with E-state index in [0.717, 1.165) is 23.7 Å². The lowest BCUT2D eigenvalue weighted by Crippen LogP contribution is -2.34. The zero-order valence-electron chi connectivity index (χ0n) is 8.10. The fourth-order valence-corrected chi connectivity index (χ4v) is 2.74. The van der Waals surface area contributed by atoms with Crippen LogP contribution in [0.2, 0.25) is 0 Å². The van der Waals surface area contributed by atoms with E-state index >= 15 is 0 Å². The largest absolute Gasteiger partial charge is 0.409 e. The molecule has 0 radical (unpaired) electrons. The summed E-state index contributed by atoms with van der Waals surface area (Å²) in [6.45, 7) is 2.30. The van der Waals surface area contributed by atoms with Crippen molar-refractivity contribution in [2.24, 2.45) is 5.92 Å². The second-order valence-electron chi connectivity index (χ2n) is 4.01. The van der Waals surface area contributed by atoms with Crippen molar-refractivity contribution < 1.29 is 4.52 Å². The van der Waals surface area contributed by atoms with Crippen molar-refractivity contribution in [1.29, 1.82) is 0 Å². The van der Waals surface area contributed by atoms with Crippen LogP contribution in [0.1, 0.15) is 24.6 Å². The van der Waals surface area contributed by atoms with E-state index in [9.17, 15) is 0 Å². The van der Waals surface area contributed by atoms with Gasteiger partial charge in [0.15, 0.2) is 0 Å². The van der Waals surface area contributed by atoms with E-state index in [4.69, 9.17) is 0 Å². The lowest BCUT2D eigenvalue weighted by Gasteiger charge is -2.16. The molecular formula is C10H12N3S+. The Morgan fingerprint density at radius 3 is 3.43 bits per heavy atom. The molecule has 4 heteroatoms. The maximum Gasteiger partial charge on any atom is 0.409 e. The van der Waals surface area contributed by atoms with Crippen LogP contribution in [0.4, 0.5) is 0 Å². The van der Waals surface area contributed by atoms with Gasteiger partial charge in [0.05, 0.1) is 0 Å². The summed E-state index contributed by atoms with van der Waals surface area (Å²) in [4.78, 5) is 5.42. The maximum atomic E-state index is 4.41. The summed E-state index contributed by atoms with van der Waals surface area (Å²) < 4.78 is 2.01. The van der Waals surface area contributed by atoms with E-state index in [1.165, 1.54) is 17.7 Å². The first-order chi connectivity index (χ1) is 6.84. The molecule has 1 aliphatic rings. The number of aromatic nitrogens is 3. The van der Waals surface area contributed by atoms with Crippen LogP contribution in [0.15, 0.2) is 11.7 Å². The van der Waals surface area contributed by atoms with E-state index < -0.39 is 0 Å². The Labute approximate surface area is 86.4 Å². The minimum atomic E-state index is 0.793. The van der Waals surface area contributed by atoms with Crippen molar-refractivity contribution in [3.05, 3.63) is 23.0 Å². The predicted molar refractivity (Wildman–Crippen MR) is 54.3 cm³/mol. The molecule has 2 heterocycles. The van der Waals surface area contributed by atoms with Crippen molar-refractivity contribution in [3.63, 3.8) is 0 Å². The van der Waals surface area contributed by atoms with Crippen LogP contribution in [0.3, 0.4) is 0 Å². The smallest absolute Gasteiger partial charge is 0.0878 e. The third-order valence-corrected chi connectivity index (χ3v) is 3.59. The van der Waals surface area contributed by atoms with Gasteiger partial charge in [0.2, 0.25) is 0 Å². The van der Waals surface area contributed by atoms with Crippen molar-refractivity contribution in [2.75, 3.05) is 0 Å². The summed E-state index contributed by atoms with van der Waals surface area (Å²) in [6, 6.07) is 0. The first kappa shape index (κ1) is 8.29. The van der Waals surface area contributed by atoms with Gasteiger partial charge in [-0.2, -0.15) is 0 Å². The highest BCUT2D eigenvalue weighted by molar-refractivity contribution is 7.14. The number of rotatable bonds is 0. The molecule has 3 rings (SSSR count). The molecule has 0 unspecified atom stereocenters. The molecule has 1 aliphatic carbocycles. The van der Waals surface area contributed by atoms with Crippen LogP contribution in [0.25, 0.3) is 4.96 Å². The number of aryl methyl sites for hydroxylation is 1. The van der Waals surface area contributed by atoms with Crippen molar-refractivity contribution >= 4 is 16.3 Å². The third-order valence-electron chi connectivity index (χ3n) is 2.90. The molecule has 2 aromatic rings. The van der Waals surface area contributed by atoms with Crippen LogP contribution in [0, 0.1) is 5.92 Å². The topological polar surface area (TPSA) is 29.9 Å². The Balaban J connectivity index is 2.24. The fourth-order valence-electron chi connectivity index (χ4n) is 2.13. The summed E-state index contributed by atoms with van der Waals surface area (Å²) in [7, 11) is 0. The van der Waals surface area contributed by atoms with Gasteiger partial charge < -0.3 is 0 Å². The molecule has 0 N–H and O–H groups in total. The van der Waals surface area contributed by atoms with Crippen LogP contribution < -0.4 is 4.52 Å². The number of hydrogen-bond donors (Lipinski definition) is 0. The molecule has 0 saturated carbocycles. The predicted octanol–water partition coefficient (Wildman–Crippen LogP) is 1.40. The summed E-state index contributed by atoms with van der Waals surface area (Å²) in [5.41, 5.74) is 4.61. The van der Waals surface area contributed by atoms with Gasteiger partial charge >= 0.3 is 4.96 Å². The van der Waals surface area contributed by atoms with E-state index in [2.05, 4.69) is 17.0 Å². The van der Waals surface area contributed by atoms with Gasteiger partial charge in [-0.25, -0.2) is 0 Å². The molecule has 0 fully saturated rings. The second kappa shape index (κ2) is 2.98. The standard InChI is InChI=1S/C10H12N3S/c1-7-2-3-9-8(4-7)5-11-10-13(9)12-6-14-10/h5-7H,2-4H2,1H3/q+1/t7-/m1/s1. The summed E-state index contributed by atoms with van der Waals surface area (Å²) in [5.74, 6) is 0.793. The monoisotopic (exact) mass is 206 g/mol.